The Morgan fingerprint density at radius 3 is 2.65 bits per heavy atom. The van der Waals surface area contributed by atoms with E-state index in [-0.39, 0.29) is 5.76 Å². The molecule has 4 nitrogen and oxygen atoms in total. The lowest BCUT2D eigenvalue weighted by Gasteiger charge is -2.06. The van der Waals surface area contributed by atoms with Crippen molar-refractivity contribution in [1.29, 1.82) is 0 Å². The fourth-order valence-corrected chi connectivity index (χ4v) is 2.14. The van der Waals surface area contributed by atoms with Gasteiger partial charge in [-0.25, -0.2) is 4.79 Å². The van der Waals surface area contributed by atoms with Gasteiger partial charge in [-0.15, -0.1) is 0 Å². The number of fused-ring (bicyclic) bond motifs is 1. The molecule has 5 heteroatoms. The molecule has 0 N–H and O–H groups in total. The fourth-order valence-electron chi connectivity index (χ4n) is 2.01. The first-order valence-corrected chi connectivity index (χ1v) is 6.58. The van der Waals surface area contributed by atoms with Crippen LogP contribution in [0.5, 0.6) is 5.75 Å². The van der Waals surface area contributed by atoms with E-state index in [1.165, 1.54) is 0 Å². The predicted molar refractivity (Wildman–Crippen MR) is 77.4 cm³/mol. The Kier molecular flexibility index (Phi) is 3.48. The highest BCUT2D eigenvalue weighted by atomic mass is 35.5. The SMILES string of the molecule is O=c1oc2ccccc2n1CCOc1ccc(Cl)cc1. The highest BCUT2D eigenvalue weighted by molar-refractivity contribution is 6.30. The molecule has 0 unspecified atom stereocenters. The minimum absolute atomic E-state index is 0.370. The van der Waals surface area contributed by atoms with Gasteiger partial charge in [0.05, 0.1) is 12.1 Å². The van der Waals surface area contributed by atoms with Gasteiger partial charge in [-0.1, -0.05) is 23.7 Å². The smallest absolute Gasteiger partial charge is 0.420 e. The first-order chi connectivity index (χ1) is 9.74. The Morgan fingerprint density at radius 1 is 1.10 bits per heavy atom. The highest BCUT2D eigenvalue weighted by Crippen LogP contribution is 2.16. The van der Waals surface area contributed by atoms with Crippen LogP contribution in [-0.2, 0) is 6.54 Å². The molecule has 1 heterocycles. The first kappa shape index (κ1) is 12.8. The summed E-state index contributed by atoms with van der Waals surface area (Å²) in [4.78, 5) is 11.7. The van der Waals surface area contributed by atoms with Crippen LogP contribution in [0.4, 0.5) is 0 Å². The number of hydrogen-bond acceptors (Lipinski definition) is 3. The van der Waals surface area contributed by atoms with Gasteiger partial charge in [0.15, 0.2) is 5.58 Å². The fraction of sp³-hybridized carbons (Fsp3) is 0.133. The van der Waals surface area contributed by atoms with Crippen molar-refractivity contribution in [1.82, 2.24) is 4.57 Å². The van der Waals surface area contributed by atoms with Crippen LogP contribution in [-0.4, -0.2) is 11.2 Å². The molecule has 3 aromatic rings. The Labute approximate surface area is 120 Å². The number of rotatable bonds is 4. The summed E-state index contributed by atoms with van der Waals surface area (Å²) in [6.45, 7) is 0.809. The molecule has 0 spiro atoms. The van der Waals surface area contributed by atoms with E-state index in [1.807, 2.05) is 18.2 Å². The largest absolute Gasteiger partial charge is 0.492 e. The van der Waals surface area contributed by atoms with E-state index < -0.39 is 0 Å². The number of ether oxygens (including phenoxy) is 1. The molecule has 1 aromatic heterocycles. The van der Waals surface area contributed by atoms with Crippen LogP contribution in [0.3, 0.4) is 0 Å². The van der Waals surface area contributed by atoms with E-state index >= 15 is 0 Å². The molecule has 0 saturated heterocycles. The maximum absolute atomic E-state index is 11.7. The summed E-state index contributed by atoms with van der Waals surface area (Å²) in [6.07, 6.45) is 0. The molecule has 0 aliphatic heterocycles. The van der Waals surface area contributed by atoms with Gasteiger partial charge in [0, 0.05) is 5.02 Å². The lowest BCUT2D eigenvalue weighted by Crippen LogP contribution is -2.18. The van der Waals surface area contributed by atoms with Gasteiger partial charge in [-0.2, -0.15) is 0 Å². The third-order valence-electron chi connectivity index (χ3n) is 2.97. The van der Waals surface area contributed by atoms with Crippen molar-refractivity contribution in [2.45, 2.75) is 6.54 Å². The van der Waals surface area contributed by atoms with Crippen molar-refractivity contribution in [2.75, 3.05) is 6.61 Å². The molecule has 20 heavy (non-hydrogen) atoms. The van der Waals surface area contributed by atoms with Gasteiger partial charge in [0.2, 0.25) is 0 Å². The lowest BCUT2D eigenvalue weighted by atomic mass is 10.3. The zero-order chi connectivity index (χ0) is 13.9. The van der Waals surface area contributed by atoms with Gasteiger partial charge in [-0.05, 0) is 36.4 Å². The number of nitrogens with zero attached hydrogens (tertiary/aromatic N) is 1. The van der Waals surface area contributed by atoms with Crippen LogP contribution in [0, 0.1) is 0 Å². The van der Waals surface area contributed by atoms with Crippen molar-refractivity contribution in [3.05, 3.63) is 64.1 Å². The lowest BCUT2D eigenvalue weighted by molar-refractivity contribution is 0.294. The monoisotopic (exact) mass is 289 g/mol. The number of para-hydroxylation sites is 2. The van der Waals surface area contributed by atoms with Gasteiger partial charge in [0.25, 0.3) is 0 Å². The van der Waals surface area contributed by atoms with E-state index in [0.29, 0.717) is 23.8 Å². The van der Waals surface area contributed by atoms with E-state index in [0.717, 1.165) is 11.3 Å². The van der Waals surface area contributed by atoms with E-state index in [9.17, 15) is 4.79 Å². The van der Waals surface area contributed by atoms with Crippen molar-refractivity contribution >= 4 is 22.7 Å². The topological polar surface area (TPSA) is 44.4 Å². The molecule has 2 aromatic carbocycles. The molecule has 0 saturated carbocycles. The number of hydrogen-bond donors (Lipinski definition) is 0. The molecule has 0 atom stereocenters. The molecule has 0 radical (unpaired) electrons. The second-order valence-electron chi connectivity index (χ2n) is 4.29. The molecule has 3 rings (SSSR count). The average molecular weight is 290 g/mol. The van der Waals surface area contributed by atoms with Crippen molar-refractivity contribution < 1.29 is 9.15 Å². The van der Waals surface area contributed by atoms with Crippen molar-refractivity contribution in [3.8, 4) is 5.75 Å². The average Bonchev–Trinajstić information content (AvgIpc) is 2.77. The molecule has 0 amide bonds. The molecule has 0 fully saturated rings. The van der Waals surface area contributed by atoms with Gasteiger partial charge in [-0.3, -0.25) is 4.57 Å². The first-order valence-electron chi connectivity index (χ1n) is 6.21. The van der Waals surface area contributed by atoms with Gasteiger partial charge < -0.3 is 9.15 Å². The Morgan fingerprint density at radius 2 is 1.85 bits per heavy atom. The number of benzene rings is 2. The number of aromatic nitrogens is 1. The summed E-state index contributed by atoms with van der Waals surface area (Å²) in [6, 6.07) is 14.4. The summed E-state index contributed by atoms with van der Waals surface area (Å²) in [5.74, 6) is 0.348. The Bertz CT molecular complexity index is 774. The van der Waals surface area contributed by atoms with Crippen molar-refractivity contribution in [3.63, 3.8) is 0 Å². The second-order valence-corrected chi connectivity index (χ2v) is 4.73. The van der Waals surface area contributed by atoms with E-state index in [2.05, 4.69) is 0 Å². The quantitative estimate of drug-likeness (QED) is 0.740. The highest BCUT2D eigenvalue weighted by Gasteiger charge is 2.07. The predicted octanol–water partition coefficient (Wildman–Crippen LogP) is 3.33. The number of halogens is 1. The second kappa shape index (κ2) is 5.43. The minimum atomic E-state index is -0.370. The van der Waals surface area contributed by atoms with Crippen LogP contribution in [0.1, 0.15) is 0 Å². The Balaban J connectivity index is 1.72. The molecular formula is C15H12ClNO3. The summed E-state index contributed by atoms with van der Waals surface area (Å²) in [7, 11) is 0. The molecule has 0 aliphatic rings. The van der Waals surface area contributed by atoms with Crippen LogP contribution >= 0.6 is 11.6 Å². The zero-order valence-corrected chi connectivity index (χ0v) is 11.3. The zero-order valence-electron chi connectivity index (χ0n) is 10.6. The van der Waals surface area contributed by atoms with Crippen LogP contribution in [0.15, 0.2) is 57.7 Å². The molecule has 102 valence electrons. The summed E-state index contributed by atoms with van der Waals surface area (Å²) in [5, 5.41) is 0.661. The molecule has 0 aliphatic carbocycles. The van der Waals surface area contributed by atoms with Crippen LogP contribution in [0.25, 0.3) is 11.1 Å². The molecule has 0 bridgehead atoms. The third kappa shape index (κ3) is 2.56. The third-order valence-corrected chi connectivity index (χ3v) is 3.22. The van der Waals surface area contributed by atoms with E-state index in [4.69, 9.17) is 20.8 Å². The maximum atomic E-state index is 11.7. The van der Waals surface area contributed by atoms with Crippen LogP contribution in [0.2, 0.25) is 5.02 Å². The standard InChI is InChI=1S/C15H12ClNO3/c16-11-5-7-12(8-6-11)19-10-9-17-13-3-1-2-4-14(13)20-15(17)18/h1-8H,9-10H2. The summed E-state index contributed by atoms with van der Waals surface area (Å²) >= 11 is 5.80. The van der Waals surface area contributed by atoms with Gasteiger partial charge in [0.1, 0.15) is 12.4 Å². The Hall–Kier alpha value is -2.20. The normalized spacial score (nSPS) is 10.8. The minimum Gasteiger partial charge on any atom is -0.492 e. The number of oxazole rings is 1. The summed E-state index contributed by atoms with van der Waals surface area (Å²) < 4.78 is 12.3. The molecular weight excluding hydrogens is 278 g/mol. The van der Waals surface area contributed by atoms with Crippen molar-refractivity contribution in [2.24, 2.45) is 0 Å². The maximum Gasteiger partial charge on any atom is 0.420 e. The van der Waals surface area contributed by atoms with E-state index in [1.54, 1.807) is 34.9 Å². The summed E-state index contributed by atoms with van der Waals surface area (Å²) in [5.41, 5.74) is 1.36. The van der Waals surface area contributed by atoms with Gasteiger partial charge >= 0.3 is 5.76 Å². The van der Waals surface area contributed by atoms with Crippen LogP contribution < -0.4 is 10.5 Å².